The first kappa shape index (κ1) is 22.6. The van der Waals surface area contributed by atoms with Crippen molar-refractivity contribution < 1.29 is 14.3 Å². The first-order valence-corrected chi connectivity index (χ1v) is 12.4. The summed E-state index contributed by atoms with van der Waals surface area (Å²) in [6.45, 7) is 4.52. The second kappa shape index (κ2) is 10.3. The number of thioether (sulfide) groups is 1. The first-order valence-electron chi connectivity index (χ1n) is 10.6. The van der Waals surface area contributed by atoms with Crippen molar-refractivity contribution >= 4 is 40.0 Å². The fourth-order valence-corrected chi connectivity index (χ4v) is 6.02. The monoisotopic (exact) mass is 466 g/mol. The lowest BCUT2D eigenvalue weighted by molar-refractivity contribution is 0.0600. The fraction of sp³-hybridized carbons (Fsp3) is 0.280. The molecule has 0 atom stereocenters. The summed E-state index contributed by atoms with van der Waals surface area (Å²) in [4.78, 5) is 30.2. The molecule has 1 aliphatic rings. The Morgan fingerprint density at radius 2 is 1.88 bits per heavy atom. The Morgan fingerprint density at radius 3 is 2.62 bits per heavy atom. The van der Waals surface area contributed by atoms with E-state index in [1.54, 1.807) is 11.8 Å². The summed E-state index contributed by atoms with van der Waals surface area (Å²) < 4.78 is 5.07. The Morgan fingerprint density at radius 1 is 1.12 bits per heavy atom. The van der Waals surface area contributed by atoms with Crippen LogP contribution in [0.15, 0.2) is 59.5 Å². The maximum atomic E-state index is 13.1. The molecular weight excluding hydrogens is 440 g/mol. The molecule has 0 bridgehead atoms. The number of anilines is 1. The predicted octanol–water partition coefficient (Wildman–Crippen LogP) is 5.46. The highest BCUT2D eigenvalue weighted by Gasteiger charge is 2.29. The second-order valence-electron chi connectivity index (χ2n) is 7.53. The van der Waals surface area contributed by atoms with Gasteiger partial charge in [0.2, 0.25) is 0 Å². The van der Waals surface area contributed by atoms with Crippen molar-refractivity contribution in [1.29, 1.82) is 0 Å². The summed E-state index contributed by atoms with van der Waals surface area (Å²) in [5.74, 6) is 0.277. The van der Waals surface area contributed by atoms with E-state index in [-0.39, 0.29) is 5.91 Å². The molecule has 0 radical (unpaired) electrons. The first-order chi connectivity index (χ1) is 15.6. The molecule has 0 saturated carbocycles. The number of thiophene rings is 1. The van der Waals surface area contributed by atoms with Crippen molar-refractivity contribution in [3.8, 4) is 0 Å². The summed E-state index contributed by atoms with van der Waals surface area (Å²) in [6.07, 6.45) is 0.751. The molecule has 4 rings (SSSR count). The van der Waals surface area contributed by atoms with Crippen LogP contribution >= 0.6 is 23.1 Å². The Bertz CT molecular complexity index is 1110. The topological polar surface area (TPSA) is 58.6 Å². The minimum atomic E-state index is -0.398. The highest BCUT2D eigenvalue weighted by atomic mass is 32.2. The Balaban J connectivity index is 1.60. The summed E-state index contributed by atoms with van der Waals surface area (Å²) in [7, 11) is 1.38. The number of carbonyl (C=O) groups is 2. The molecule has 0 fully saturated rings. The molecule has 1 aliphatic heterocycles. The van der Waals surface area contributed by atoms with Crippen LogP contribution in [0.25, 0.3) is 0 Å². The van der Waals surface area contributed by atoms with Gasteiger partial charge in [0.25, 0.3) is 5.91 Å². The smallest absolute Gasteiger partial charge is 0.341 e. The molecule has 7 heteroatoms. The van der Waals surface area contributed by atoms with E-state index < -0.39 is 5.97 Å². The van der Waals surface area contributed by atoms with Gasteiger partial charge in [-0.25, -0.2) is 4.79 Å². The average Bonchev–Trinajstić information content (AvgIpc) is 3.16. The summed E-state index contributed by atoms with van der Waals surface area (Å²) in [5, 5.41) is 3.58. The highest BCUT2D eigenvalue weighted by Crippen LogP contribution is 2.38. The molecule has 32 heavy (non-hydrogen) atoms. The van der Waals surface area contributed by atoms with E-state index in [0.717, 1.165) is 47.1 Å². The summed E-state index contributed by atoms with van der Waals surface area (Å²) in [5.41, 5.74) is 3.38. The SMILES string of the molecule is CCSc1ccccc1C(=O)Nc1sc2c(c1C(=O)OC)CCN(Cc1ccccc1)C2. The third-order valence-corrected chi connectivity index (χ3v) is 7.52. The van der Waals surface area contributed by atoms with Crippen molar-refractivity contribution in [3.05, 3.63) is 81.7 Å². The predicted molar refractivity (Wildman–Crippen MR) is 131 cm³/mol. The van der Waals surface area contributed by atoms with E-state index in [0.29, 0.717) is 16.1 Å². The van der Waals surface area contributed by atoms with Gasteiger partial charge in [0.05, 0.1) is 18.2 Å². The van der Waals surface area contributed by atoms with E-state index in [2.05, 4.69) is 29.3 Å². The zero-order valence-corrected chi connectivity index (χ0v) is 19.9. The maximum absolute atomic E-state index is 13.1. The number of esters is 1. The molecule has 0 saturated heterocycles. The second-order valence-corrected chi connectivity index (χ2v) is 9.94. The number of methoxy groups -OCH3 is 1. The van der Waals surface area contributed by atoms with Crippen LogP contribution < -0.4 is 5.32 Å². The van der Waals surface area contributed by atoms with Gasteiger partial charge in [0, 0.05) is 29.4 Å². The molecule has 5 nitrogen and oxygen atoms in total. The van der Waals surface area contributed by atoms with Gasteiger partial charge in [0.15, 0.2) is 0 Å². The van der Waals surface area contributed by atoms with Gasteiger partial charge in [-0.3, -0.25) is 9.69 Å². The van der Waals surface area contributed by atoms with Crippen LogP contribution in [0.2, 0.25) is 0 Å². The number of benzene rings is 2. The zero-order valence-electron chi connectivity index (χ0n) is 18.2. The average molecular weight is 467 g/mol. The molecule has 1 amide bonds. The zero-order chi connectivity index (χ0) is 22.5. The fourth-order valence-electron chi connectivity index (χ4n) is 3.95. The molecule has 166 valence electrons. The van der Waals surface area contributed by atoms with Crippen molar-refractivity contribution in [2.75, 3.05) is 24.7 Å². The Labute approximate surface area is 196 Å². The Kier molecular flexibility index (Phi) is 7.29. The molecule has 3 aromatic rings. The van der Waals surface area contributed by atoms with E-state index in [1.807, 2.05) is 42.5 Å². The number of fused-ring (bicyclic) bond motifs is 1. The van der Waals surface area contributed by atoms with E-state index >= 15 is 0 Å². The molecular formula is C25H26N2O3S2. The largest absolute Gasteiger partial charge is 0.465 e. The van der Waals surface area contributed by atoms with E-state index in [9.17, 15) is 9.59 Å². The normalized spacial score (nSPS) is 13.4. The van der Waals surface area contributed by atoms with E-state index in [1.165, 1.54) is 24.0 Å². The number of amides is 1. The van der Waals surface area contributed by atoms with Crippen LogP contribution in [0.4, 0.5) is 5.00 Å². The number of ether oxygens (including phenoxy) is 1. The lowest BCUT2D eigenvalue weighted by Gasteiger charge is -2.27. The van der Waals surface area contributed by atoms with Crippen LogP contribution in [0.1, 0.15) is 43.6 Å². The number of nitrogens with zero attached hydrogens (tertiary/aromatic N) is 1. The van der Waals surface area contributed by atoms with Crippen molar-refractivity contribution in [1.82, 2.24) is 4.90 Å². The summed E-state index contributed by atoms with van der Waals surface area (Å²) >= 11 is 3.11. The molecule has 0 spiro atoms. The van der Waals surface area contributed by atoms with Crippen molar-refractivity contribution in [2.45, 2.75) is 31.3 Å². The number of nitrogens with one attached hydrogen (secondary N) is 1. The molecule has 2 heterocycles. The minimum absolute atomic E-state index is 0.202. The molecule has 0 aliphatic carbocycles. The lowest BCUT2D eigenvalue weighted by Crippen LogP contribution is -2.29. The van der Waals surface area contributed by atoms with Crippen molar-refractivity contribution in [3.63, 3.8) is 0 Å². The number of carbonyl (C=O) groups excluding carboxylic acids is 2. The van der Waals surface area contributed by atoms with Gasteiger partial charge in [0.1, 0.15) is 5.00 Å². The maximum Gasteiger partial charge on any atom is 0.341 e. The van der Waals surface area contributed by atoms with Gasteiger partial charge in [-0.2, -0.15) is 0 Å². The van der Waals surface area contributed by atoms with Crippen LogP contribution in [0.3, 0.4) is 0 Å². The lowest BCUT2D eigenvalue weighted by atomic mass is 10.0. The van der Waals surface area contributed by atoms with Crippen molar-refractivity contribution in [2.24, 2.45) is 0 Å². The van der Waals surface area contributed by atoms with Gasteiger partial charge in [-0.15, -0.1) is 23.1 Å². The van der Waals surface area contributed by atoms with Crippen LogP contribution in [0, 0.1) is 0 Å². The standard InChI is InChI=1S/C25H26N2O3S2/c1-3-31-20-12-8-7-11-19(20)23(28)26-24-22(25(29)30-2)18-13-14-27(16-21(18)32-24)15-17-9-5-4-6-10-17/h4-12H,3,13-16H2,1-2H3,(H,26,28). The molecule has 1 N–H and O–H groups in total. The van der Waals surface area contributed by atoms with Gasteiger partial charge in [-0.1, -0.05) is 49.4 Å². The van der Waals surface area contributed by atoms with E-state index in [4.69, 9.17) is 4.74 Å². The van der Waals surface area contributed by atoms with Crippen LogP contribution in [0.5, 0.6) is 0 Å². The molecule has 1 aromatic heterocycles. The number of hydrogen-bond donors (Lipinski definition) is 1. The van der Waals surface area contributed by atoms with Crippen LogP contribution in [-0.4, -0.2) is 36.2 Å². The third kappa shape index (κ3) is 4.90. The number of rotatable bonds is 7. The Hall–Kier alpha value is -2.61. The molecule has 2 aromatic carbocycles. The quantitative estimate of drug-likeness (QED) is 0.370. The van der Waals surface area contributed by atoms with Gasteiger partial charge in [-0.05, 0) is 35.4 Å². The van der Waals surface area contributed by atoms with Gasteiger partial charge < -0.3 is 10.1 Å². The van der Waals surface area contributed by atoms with Crippen LogP contribution in [-0.2, 0) is 24.2 Å². The van der Waals surface area contributed by atoms with Gasteiger partial charge >= 0.3 is 5.97 Å². The number of hydrogen-bond acceptors (Lipinski definition) is 6. The minimum Gasteiger partial charge on any atom is -0.465 e. The summed E-state index contributed by atoms with van der Waals surface area (Å²) in [6, 6.07) is 17.9. The highest BCUT2D eigenvalue weighted by molar-refractivity contribution is 7.99. The molecule has 0 unspecified atom stereocenters. The third-order valence-electron chi connectivity index (χ3n) is 5.43.